The van der Waals surface area contributed by atoms with Gasteiger partial charge >= 0.3 is 0 Å². The summed E-state index contributed by atoms with van der Waals surface area (Å²) in [5, 5.41) is 10.3. The molecule has 2 rings (SSSR count). The highest BCUT2D eigenvalue weighted by atomic mass is 16.3. The van der Waals surface area contributed by atoms with Crippen molar-refractivity contribution in [3.05, 3.63) is 0 Å². The van der Waals surface area contributed by atoms with Crippen molar-refractivity contribution >= 4 is 0 Å². The fourth-order valence-electron chi connectivity index (χ4n) is 3.77. The maximum Gasteiger partial charge on any atom is 0.0695 e. The Kier molecular flexibility index (Phi) is 5.67. The van der Waals surface area contributed by atoms with Gasteiger partial charge < -0.3 is 10.0 Å². The van der Waals surface area contributed by atoms with Crippen LogP contribution in [0.5, 0.6) is 0 Å². The van der Waals surface area contributed by atoms with Crippen LogP contribution in [0.15, 0.2) is 0 Å². The SMILES string of the molecule is CCC1CCC(O)C(N2CCN(CC(C)C)CC2)C1. The van der Waals surface area contributed by atoms with Crippen LogP contribution in [0.3, 0.4) is 0 Å². The highest BCUT2D eigenvalue weighted by Crippen LogP contribution is 2.30. The molecule has 0 radical (unpaired) electrons. The Labute approximate surface area is 119 Å². The lowest BCUT2D eigenvalue weighted by Gasteiger charge is -2.44. The minimum atomic E-state index is -0.0838. The van der Waals surface area contributed by atoms with Gasteiger partial charge in [-0.05, 0) is 31.1 Å². The van der Waals surface area contributed by atoms with Crippen molar-refractivity contribution in [2.24, 2.45) is 11.8 Å². The largest absolute Gasteiger partial charge is 0.391 e. The number of nitrogens with zero attached hydrogens (tertiary/aromatic N) is 2. The van der Waals surface area contributed by atoms with E-state index in [9.17, 15) is 5.11 Å². The lowest BCUT2D eigenvalue weighted by molar-refractivity contribution is -0.0187. The van der Waals surface area contributed by atoms with Crippen LogP contribution in [0.2, 0.25) is 0 Å². The Morgan fingerprint density at radius 3 is 2.37 bits per heavy atom. The normalized spacial score (nSPS) is 34.9. The number of aliphatic hydroxyl groups is 1. The van der Waals surface area contributed by atoms with Crippen molar-refractivity contribution < 1.29 is 5.11 Å². The molecular weight excluding hydrogens is 236 g/mol. The molecular formula is C16H32N2O. The molecule has 0 aromatic rings. The number of piperazine rings is 1. The van der Waals surface area contributed by atoms with Gasteiger partial charge in [-0.25, -0.2) is 0 Å². The monoisotopic (exact) mass is 268 g/mol. The molecule has 0 bridgehead atoms. The zero-order valence-electron chi connectivity index (χ0n) is 13.0. The number of rotatable bonds is 4. The van der Waals surface area contributed by atoms with Crippen LogP contribution in [-0.2, 0) is 0 Å². The molecule has 2 aliphatic rings. The highest BCUT2D eigenvalue weighted by molar-refractivity contribution is 4.88. The summed E-state index contributed by atoms with van der Waals surface area (Å²) < 4.78 is 0. The standard InChI is InChI=1S/C16H32N2O/c1-4-14-5-6-16(19)15(11-14)18-9-7-17(8-10-18)12-13(2)3/h13-16,19H,4-12H2,1-3H3. The lowest BCUT2D eigenvalue weighted by Crippen LogP contribution is -2.55. The lowest BCUT2D eigenvalue weighted by atomic mass is 9.81. The molecule has 0 amide bonds. The summed E-state index contributed by atoms with van der Waals surface area (Å²) in [7, 11) is 0. The van der Waals surface area contributed by atoms with Gasteiger partial charge in [-0.1, -0.05) is 27.2 Å². The molecule has 1 aliphatic carbocycles. The second-order valence-corrected chi connectivity index (χ2v) is 6.95. The van der Waals surface area contributed by atoms with Crippen LogP contribution in [0, 0.1) is 11.8 Å². The molecule has 3 unspecified atom stereocenters. The van der Waals surface area contributed by atoms with E-state index < -0.39 is 0 Å². The summed E-state index contributed by atoms with van der Waals surface area (Å²) in [4.78, 5) is 5.14. The Bertz CT molecular complexity index is 261. The van der Waals surface area contributed by atoms with E-state index in [1.807, 2.05) is 0 Å². The van der Waals surface area contributed by atoms with Crippen molar-refractivity contribution in [1.82, 2.24) is 9.80 Å². The van der Waals surface area contributed by atoms with Crippen LogP contribution in [0.25, 0.3) is 0 Å². The van der Waals surface area contributed by atoms with Crippen molar-refractivity contribution in [1.29, 1.82) is 0 Å². The minimum absolute atomic E-state index is 0.0838. The molecule has 0 aromatic heterocycles. The summed E-state index contributed by atoms with van der Waals surface area (Å²) in [5.74, 6) is 1.60. The fourth-order valence-corrected chi connectivity index (χ4v) is 3.77. The van der Waals surface area contributed by atoms with Gasteiger partial charge in [0.15, 0.2) is 0 Å². The maximum atomic E-state index is 10.3. The van der Waals surface area contributed by atoms with Crippen LogP contribution in [0.4, 0.5) is 0 Å². The third-order valence-electron chi connectivity index (χ3n) is 4.97. The Balaban J connectivity index is 1.82. The topological polar surface area (TPSA) is 26.7 Å². The first kappa shape index (κ1) is 15.3. The van der Waals surface area contributed by atoms with Crippen LogP contribution >= 0.6 is 0 Å². The zero-order chi connectivity index (χ0) is 13.8. The highest BCUT2D eigenvalue weighted by Gasteiger charge is 2.34. The Morgan fingerprint density at radius 1 is 1.11 bits per heavy atom. The van der Waals surface area contributed by atoms with Crippen molar-refractivity contribution in [2.45, 2.75) is 58.6 Å². The van der Waals surface area contributed by atoms with Crippen LogP contribution in [-0.4, -0.2) is 59.8 Å². The Morgan fingerprint density at radius 2 is 1.79 bits per heavy atom. The fraction of sp³-hybridized carbons (Fsp3) is 1.00. The van der Waals surface area contributed by atoms with Gasteiger partial charge in [0.1, 0.15) is 0 Å². The molecule has 1 heterocycles. The Hall–Kier alpha value is -0.120. The number of hydrogen-bond donors (Lipinski definition) is 1. The van der Waals surface area contributed by atoms with Crippen molar-refractivity contribution in [3.8, 4) is 0 Å². The molecule has 1 saturated carbocycles. The summed E-state index contributed by atoms with van der Waals surface area (Å²) in [5.41, 5.74) is 0. The number of aliphatic hydroxyl groups excluding tert-OH is 1. The molecule has 0 spiro atoms. The van der Waals surface area contributed by atoms with Gasteiger partial charge in [0.25, 0.3) is 0 Å². The molecule has 0 aromatic carbocycles. The van der Waals surface area contributed by atoms with E-state index in [0.29, 0.717) is 6.04 Å². The zero-order valence-corrected chi connectivity index (χ0v) is 13.0. The summed E-state index contributed by atoms with van der Waals surface area (Å²) in [6.07, 6.45) is 4.63. The average Bonchev–Trinajstić information content (AvgIpc) is 2.40. The smallest absolute Gasteiger partial charge is 0.0695 e. The van der Waals surface area contributed by atoms with Gasteiger partial charge in [-0.15, -0.1) is 0 Å². The van der Waals surface area contributed by atoms with E-state index in [1.165, 1.54) is 38.9 Å². The molecule has 3 heteroatoms. The first-order chi connectivity index (χ1) is 9.10. The van der Waals surface area contributed by atoms with E-state index in [2.05, 4.69) is 30.6 Å². The van der Waals surface area contributed by atoms with E-state index in [-0.39, 0.29) is 6.10 Å². The van der Waals surface area contributed by atoms with Gasteiger partial charge in [0.2, 0.25) is 0 Å². The van der Waals surface area contributed by atoms with E-state index >= 15 is 0 Å². The molecule has 1 saturated heterocycles. The molecule has 112 valence electrons. The predicted molar refractivity (Wildman–Crippen MR) is 80.3 cm³/mol. The average molecular weight is 268 g/mol. The first-order valence-corrected chi connectivity index (χ1v) is 8.24. The molecule has 1 aliphatic heterocycles. The van der Waals surface area contributed by atoms with Gasteiger partial charge in [0, 0.05) is 38.8 Å². The van der Waals surface area contributed by atoms with Gasteiger partial charge in [-0.2, -0.15) is 0 Å². The summed E-state index contributed by atoms with van der Waals surface area (Å²) in [6, 6.07) is 0.430. The van der Waals surface area contributed by atoms with Crippen molar-refractivity contribution in [3.63, 3.8) is 0 Å². The second kappa shape index (κ2) is 7.05. The predicted octanol–water partition coefficient (Wildman–Crippen LogP) is 2.20. The first-order valence-electron chi connectivity index (χ1n) is 8.24. The van der Waals surface area contributed by atoms with Crippen LogP contribution < -0.4 is 0 Å². The third-order valence-corrected chi connectivity index (χ3v) is 4.97. The minimum Gasteiger partial charge on any atom is -0.391 e. The second-order valence-electron chi connectivity index (χ2n) is 6.95. The summed E-state index contributed by atoms with van der Waals surface area (Å²) >= 11 is 0. The molecule has 19 heavy (non-hydrogen) atoms. The van der Waals surface area contributed by atoms with Crippen LogP contribution in [0.1, 0.15) is 46.5 Å². The van der Waals surface area contributed by atoms with E-state index in [1.54, 1.807) is 0 Å². The number of hydrogen-bond acceptors (Lipinski definition) is 3. The molecule has 3 atom stereocenters. The van der Waals surface area contributed by atoms with Crippen molar-refractivity contribution in [2.75, 3.05) is 32.7 Å². The maximum absolute atomic E-state index is 10.3. The van der Waals surface area contributed by atoms with E-state index in [0.717, 1.165) is 31.3 Å². The quantitative estimate of drug-likeness (QED) is 0.847. The molecule has 3 nitrogen and oxygen atoms in total. The molecule has 1 N–H and O–H groups in total. The van der Waals surface area contributed by atoms with Gasteiger partial charge in [0.05, 0.1) is 6.10 Å². The van der Waals surface area contributed by atoms with E-state index in [4.69, 9.17) is 0 Å². The van der Waals surface area contributed by atoms with Gasteiger partial charge in [-0.3, -0.25) is 4.90 Å². The third kappa shape index (κ3) is 4.17. The summed E-state index contributed by atoms with van der Waals surface area (Å²) in [6.45, 7) is 12.7. The molecule has 2 fully saturated rings.